The van der Waals surface area contributed by atoms with Gasteiger partial charge in [0, 0.05) is 4.47 Å². The molecule has 3 nitrogen and oxygen atoms in total. The molecule has 19 heavy (non-hydrogen) atoms. The minimum absolute atomic E-state index is 0.237. The Morgan fingerprint density at radius 2 is 2.00 bits per heavy atom. The first-order valence-corrected chi connectivity index (χ1v) is 6.64. The van der Waals surface area contributed by atoms with E-state index >= 15 is 0 Å². The SMILES string of the molecule is O=C(O)c1cccc(COc2cccc(Br)c2Cl)c1. The summed E-state index contributed by atoms with van der Waals surface area (Å²) in [6.45, 7) is 0.261. The maximum absolute atomic E-state index is 10.9. The van der Waals surface area contributed by atoms with Gasteiger partial charge in [-0.2, -0.15) is 0 Å². The van der Waals surface area contributed by atoms with Gasteiger partial charge in [-0.1, -0.05) is 29.8 Å². The van der Waals surface area contributed by atoms with Crippen molar-refractivity contribution in [3.63, 3.8) is 0 Å². The van der Waals surface area contributed by atoms with Crippen LogP contribution in [0.3, 0.4) is 0 Å². The summed E-state index contributed by atoms with van der Waals surface area (Å²) in [7, 11) is 0. The van der Waals surface area contributed by atoms with Gasteiger partial charge in [-0.3, -0.25) is 0 Å². The highest BCUT2D eigenvalue weighted by atomic mass is 79.9. The average Bonchev–Trinajstić information content (AvgIpc) is 2.41. The fraction of sp³-hybridized carbons (Fsp3) is 0.0714. The molecule has 0 aromatic heterocycles. The Bertz CT molecular complexity index is 613. The summed E-state index contributed by atoms with van der Waals surface area (Å²) in [5.41, 5.74) is 1.01. The molecule has 5 heteroatoms. The highest BCUT2D eigenvalue weighted by Crippen LogP contribution is 2.32. The summed E-state index contributed by atoms with van der Waals surface area (Å²) in [5.74, 6) is -0.404. The van der Waals surface area contributed by atoms with Crippen LogP contribution in [-0.2, 0) is 6.61 Å². The number of carboxylic acid groups (broad SMARTS) is 1. The molecule has 0 atom stereocenters. The Labute approximate surface area is 123 Å². The molecule has 2 aromatic rings. The van der Waals surface area contributed by atoms with Crippen molar-refractivity contribution in [1.82, 2.24) is 0 Å². The third-order valence-electron chi connectivity index (χ3n) is 2.48. The Morgan fingerprint density at radius 1 is 1.26 bits per heavy atom. The van der Waals surface area contributed by atoms with E-state index in [1.54, 1.807) is 24.3 Å². The molecule has 0 heterocycles. The van der Waals surface area contributed by atoms with E-state index in [-0.39, 0.29) is 12.2 Å². The van der Waals surface area contributed by atoms with Crippen molar-refractivity contribution in [2.45, 2.75) is 6.61 Å². The average molecular weight is 342 g/mol. The summed E-state index contributed by atoms with van der Waals surface area (Å²) in [5, 5.41) is 9.40. The van der Waals surface area contributed by atoms with Crippen LogP contribution >= 0.6 is 27.5 Å². The van der Waals surface area contributed by atoms with E-state index in [0.717, 1.165) is 10.0 Å². The highest BCUT2D eigenvalue weighted by molar-refractivity contribution is 9.10. The van der Waals surface area contributed by atoms with Crippen LogP contribution in [0.2, 0.25) is 5.02 Å². The summed E-state index contributed by atoms with van der Waals surface area (Å²) in [6, 6.07) is 12.0. The second kappa shape index (κ2) is 6.08. The Morgan fingerprint density at radius 3 is 2.74 bits per heavy atom. The number of aromatic carboxylic acids is 1. The van der Waals surface area contributed by atoms with Gasteiger partial charge < -0.3 is 9.84 Å². The first kappa shape index (κ1) is 13.9. The molecule has 0 aliphatic rings. The van der Waals surface area contributed by atoms with E-state index < -0.39 is 5.97 Å². The van der Waals surface area contributed by atoms with Gasteiger partial charge in [0.15, 0.2) is 0 Å². The van der Waals surface area contributed by atoms with Gasteiger partial charge in [0.25, 0.3) is 0 Å². The molecule has 0 spiro atoms. The van der Waals surface area contributed by atoms with Crippen LogP contribution in [0.1, 0.15) is 15.9 Å². The lowest BCUT2D eigenvalue weighted by molar-refractivity contribution is 0.0696. The Balaban J connectivity index is 2.12. The molecular weight excluding hydrogens is 332 g/mol. The minimum Gasteiger partial charge on any atom is -0.487 e. The molecule has 98 valence electrons. The second-order valence-electron chi connectivity index (χ2n) is 3.85. The predicted molar refractivity (Wildman–Crippen MR) is 76.9 cm³/mol. The normalized spacial score (nSPS) is 10.2. The maximum Gasteiger partial charge on any atom is 0.335 e. The molecule has 1 N–H and O–H groups in total. The van der Waals surface area contributed by atoms with Gasteiger partial charge in [-0.05, 0) is 45.8 Å². The standard InChI is InChI=1S/C14H10BrClO3/c15-11-5-2-6-12(13(11)16)19-8-9-3-1-4-10(7-9)14(17)18/h1-7H,8H2,(H,17,18). The fourth-order valence-corrected chi connectivity index (χ4v) is 2.08. The molecule has 0 amide bonds. The summed E-state index contributed by atoms with van der Waals surface area (Å²) >= 11 is 9.39. The van der Waals surface area contributed by atoms with Crippen molar-refractivity contribution in [3.8, 4) is 5.75 Å². The van der Waals surface area contributed by atoms with Crippen molar-refractivity contribution in [1.29, 1.82) is 0 Å². The maximum atomic E-state index is 10.9. The minimum atomic E-state index is -0.956. The van der Waals surface area contributed by atoms with E-state index in [9.17, 15) is 4.79 Å². The van der Waals surface area contributed by atoms with Crippen LogP contribution in [0.15, 0.2) is 46.9 Å². The molecule has 0 aliphatic carbocycles. The van der Waals surface area contributed by atoms with E-state index in [1.165, 1.54) is 6.07 Å². The van der Waals surface area contributed by atoms with Crippen molar-refractivity contribution < 1.29 is 14.6 Å². The lowest BCUT2D eigenvalue weighted by Gasteiger charge is -2.09. The van der Waals surface area contributed by atoms with Crippen LogP contribution in [0.25, 0.3) is 0 Å². The first-order valence-electron chi connectivity index (χ1n) is 5.47. The van der Waals surface area contributed by atoms with Crippen LogP contribution in [-0.4, -0.2) is 11.1 Å². The van der Waals surface area contributed by atoms with Crippen LogP contribution < -0.4 is 4.74 Å². The number of rotatable bonds is 4. The number of ether oxygens (including phenoxy) is 1. The van der Waals surface area contributed by atoms with Crippen molar-refractivity contribution in [3.05, 3.63) is 63.1 Å². The Kier molecular flexibility index (Phi) is 4.45. The zero-order valence-electron chi connectivity index (χ0n) is 9.77. The van der Waals surface area contributed by atoms with Gasteiger partial charge in [-0.15, -0.1) is 0 Å². The lowest BCUT2D eigenvalue weighted by atomic mass is 10.1. The van der Waals surface area contributed by atoms with Crippen LogP contribution in [0.5, 0.6) is 5.75 Å². The van der Waals surface area contributed by atoms with Crippen LogP contribution in [0, 0.1) is 0 Å². The van der Waals surface area contributed by atoms with E-state index in [0.29, 0.717) is 10.8 Å². The van der Waals surface area contributed by atoms with Crippen molar-refractivity contribution in [2.75, 3.05) is 0 Å². The zero-order valence-corrected chi connectivity index (χ0v) is 12.1. The monoisotopic (exact) mass is 340 g/mol. The Hall–Kier alpha value is -1.52. The highest BCUT2D eigenvalue weighted by Gasteiger charge is 2.07. The number of benzene rings is 2. The number of carbonyl (C=O) groups is 1. The molecule has 0 saturated carbocycles. The van der Waals surface area contributed by atoms with E-state index in [1.807, 2.05) is 12.1 Å². The molecule has 0 saturated heterocycles. The van der Waals surface area contributed by atoms with E-state index in [2.05, 4.69) is 15.9 Å². The second-order valence-corrected chi connectivity index (χ2v) is 5.08. The first-order chi connectivity index (χ1) is 9.08. The third kappa shape index (κ3) is 3.49. The molecule has 0 unspecified atom stereocenters. The molecule has 2 aromatic carbocycles. The zero-order chi connectivity index (χ0) is 13.8. The molecule has 0 bridgehead atoms. The number of carboxylic acids is 1. The van der Waals surface area contributed by atoms with Gasteiger partial charge in [0.1, 0.15) is 12.4 Å². The topological polar surface area (TPSA) is 46.5 Å². The quantitative estimate of drug-likeness (QED) is 0.897. The molecule has 0 fully saturated rings. The van der Waals surface area contributed by atoms with Crippen molar-refractivity contribution >= 4 is 33.5 Å². The van der Waals surface area contributed by atoms with Gasteiger partial charge in [-0.25, -0.2) is 4.79 Å². The summed E-state index contributed by atoms with van der Waals surface area (Å²) in [4.78, 5) is 10.9. The van der Waals surface area contributed by atoms with Gasteiger partial charge >= 0.3 is 5.97 Å². The van der Waals surface area contributed by atoms with Crippen molar-refractivity contribution in [2.24, 2.45) is 0 Å². The fourth-order valence-electron chi connectivity index (χ4n) is 1.55. The number of halogens is 2. The molecule has 2 rings (SSSR count). The largest absolute Gasteiger partial charge is 0.487 e. The van der Waals surface area contributed by atoms with E-state index in [4.69, 9.17) is 21.4 Å². The third-order valence-corrected chi connectivity index (χ3v) is 3.76. The molecule has 0 radical (unpaired) electrons. The molecular formula is C14H10BrClO3. The van der Waals surface area contributed by atoms with Gasteiger partial charge in [0.2, 0.25) is 0 Å². The molecule has 0 aliphatic heterocycles. The summed E-state index contributed by atoms with van der Waals surface area (Å²) in [6.07, 6.45) is 0. The number of hydrogen-bond donors (Lipinski definition) is 1. The van der Waals surface area contributed by atoms with Gasteiger partial charge in [0.05, 0.1) is 10.6 Å². The smallest absolute Gasteiger partial charge is 0.335 e. The lowest BCUT2D eigenvalue weighted by Crippen LogP contribution is -2.00. The van der Waals surface area contributed by atoms with Crippen LogP contribution in [0.4, 0.5) is 0 Å². The number of hydrogen-bond acceptors (Lipinski definition) is 2. The summed E-state index contributed by atoms with van der Waals surface area (Å²) < 4.78 is 6.34. The predicted octanol–water partition coefficient (Wildman–Crippen LogP) is 4.38.